The fraction of sp³-hybridized carbons (Fsp3) is 0.133. The monoisotopic (exact) mass is 648 g/mol. The van der Waals surface area contributed by atoms with Crippen LogP contribution in [-0.4, -0.2) is 82.9 Å². The largest absolute Gasteiger partial charge is 0.478 e. The first-order valence-electron chi connectivity index (χ1n) is 13.3. The van der Waals surface area contributed by atoms with Gasteiger partial charge in [-0.25, -0.2) is 38.6 Å². The molecule has 2 aliphatic rings. The lowest BCUT2D eigenvalue weighted by Crippen LogP contribution is -2.32. The molecule has 0 radical (unpaired) electrons. The van der Waals surface area contributed by atoms with E-state index in [-0.39, 0.29) is 13.2 Å². The molecule has 0 aliphatic carbocycles. The van der Waals surface area contributed by atoms with Crippen molar-refractivity contribution >= 4 is 70.8 Å². The van der Waals surface area contributed by atoms with Gasteiger partial charge in [0.1, 0.15) is 0 Å². The number of anilines is 2. The van der Waals surface area contributed by atoms with Crippen LogP contribution in [0.3, 0.4) is 0 Å². The Bertz CT molecular complexity index is 1730. The summed E-state index contributed by atoms with van der Waals surface area (Å²) in [6.07, 6.45) is 3.34. The second kappa shape index (κ2) is 13.1. The lowest BCUT2D eigenvalue weighted by molar-refractivity contribution is -0.121. The summed E-state index contributed by atoms with van der Waals surface area (Å²) in [5.74, 6) is -13.3. The van der Waals surface area contributed by atoms with E-state index >= 15 is 0 Å². The van der Waals surface area contributed by atoms with Gasteiger partial charge in [0.25, 0.3) is 23.6 Å². The van der Waals surface area contributed by atoms with Crippen molar-refractivity contribution in [3.05, 3.63) is 82.0 Å². The average Bonchev–Trinajstić information content (AvgIpc) is 3.53. The van der Waals surface area contributed by atoms with Crippen molar-refractivity contribution in [1.29, 1.82) is 0 Å². The summed E-state index contributed by atoms with van der Waals surface area (Å²) in [6, 6.07) is 2.50. The number of amides is 4. The van der Waals surface area contributed by atoms with Gasteiger partial charge < -0.3 is 24.4 Å². The first-order valence-corrected chi connectivity index (χ1v) is 13.3. The second-order valence-electron chi connectivity index (χ2n) is 9.25. The molecule has 0 bridgehead atoms. The number of ether oxygens (including phenoxy) is 3. The van der Waals surface area contributed by atoms with Crippen LogP contribution in [0.4, 0.5) is 11.4 Å². The van der Waals surface area contributed by atoms with Gasteiger partial charge in [0.05, 0.1) is 58.0 Å². The van der Waals surface area contributed by atoms with Crippen molar-refractivity contribution in [3.8, 4) is 0 Å². The molecule has 0 spiro atoms. The van der Waals surface area contributed by atoms with Gasteiger partial charge in [0.15, 0.2) is 0 Å². The van der Waals surface area contributed by atoms with E-state index in [1.165, 1.54) is 13.8 Å². The topological polar surface area (TPSA) is 245 Å². The van der Waals surface area contributed by atoms with E-state index in [2.05, 4.69) is 0 Å². The maximum absolute atomic E-state index is 13.3. The summed E-state index contributed by atoms with van der Waals surface area (Å²) >= 11 is 0. The minimum atomic E-state index is -1.77. The van der Waals surface area contributed by atoms with Gasteiger partial charge in [-0.1, -0.05) is 0 Å². The molecular weight excluding hydrogens is 628 g/mol. The predicted molar refractivity (Wildman–Crippen MR) is 152 cm³/mol. The SMILES string of the molecule is CCOC(=O)c1cc(N2C(=O)C=CC2=O)c(C(=O)O)cc1C(=O)OC(=O)c1cc(C(=O)O)c(N2C(=O)C=CC2=O)cc1C(=O)OCC. The number of carboxylic acids is 2. The Labute approximate surface area is 262 Å². The normalized spacial score (nSPS) is 13.7. The summed E-state index contributed by atoms with van der Waals surface area (Å²) < 4.78 is 14.7. The molecule has 0 fully saturated rings. The van der Waals surface area contributed by atoms with E-state index in [9.17, 15) is 58.2 Å². The van der Waals surface area contributed by atoms with Crippen LogP contribution >= 0.6 is 0 Å². The molecule has 4 rings (SSSR count). The van der Waals surface area contributed by atoms with Crippen LogP contribution < -0.4 is 9.80 Å². The van der Waals surface area contributed by atoms with Crippen molar-refractivity contribution < 1.29 is 72.4 Å². The molecule has 17 nitrogen and oxygen atoms in total. The third-order valence-corrected chi connectivity index (χ3v) is 6.45. The Morgan fingerprint density at radius 2 is 0.809 bits per heavy atom. The highest BCUT2D eigenvalue weighted by Gasteiger charge is 2.36. The molecule has 4 amide bonds. The van der Waals surface area contributed by atoms with Crippen molar-refractivity contribution in [2.45, 2.75) is 13.8 Å². The van der Waals surface area contributed by atoms with Crippen LogP contribution in [0.25, 0.3) is 0 Å². The number of hydrogen-bond donors (Lipinski definition) is 2. The number of aromatic carboxylic acids is 2. The van der Waals surface area contributed by atoms with Crippen LogP contribution in [0.1, 0.15) is 76.0 Å². The highest BCUT2D eigenvalue weighted by Crippen LogP contribution is 2.31. The Hall–Kier alpha value is -6.78. The molecule has 0 unspecified atom stereocenters. The van der Waals surface area contributed by atoms with E-state index in [0.717, 1.165) is 24.3 Å². The Morgan fingerprint density at radius 1 is 0.511 bits per heavy atom. The number of carbonyl (C=O) groups excluding carboxylic acids is 8. The first-order chi connectivity index (χ1) is 22.2. The maximum Gasteiger partial charge on any atom is 0.346 e. The van der Waals surface area contributed by atoms with E-state index in [1.54, 1.807) is 0 Å². The number of rotatable bonds is 10. The van der Waals surface area contributed by atoms with Gasteiger partial charge in [-0.05, 0) is 38.1 Å². The van der Waals surface area contributed by atoms with Crippen LogP contribution in [0.5, 0.6) is 0 Å². The summed E-state index contributed by atoms with van der Waals surface area (Å²) in [7, 11) is 0. The zero-order valence-electron chi connectivity index (χ0n) is 24.1. The van der Waals surface area contributed by atoms with Crippen LogP contribution in [0.2, 0.25) is 0 Å². The van der Waals surface area contributed by atoms with Crippen LogP contribution in [0.15, 0.2) is 48.6 Å². The molecule has 2 aromatic carbocycles. The second-order valence-corrected chi connectivity index (χ2v) is 9.25. The Morgan fingerprint density at radius 3 is 1.09 bits per heavy atom. The molecule has 0 saturated heterocycles. The van der Waals surface area contributed by atoms with Gasteiger partial charge in [-0.3, -0.25) is 19.2 Å². The average molecular weight is 648 g/mol. The lowest BCUT2D eigenvalue weighted by Gasteiger charge is -2.20. The Balaban J connectivity index is 1.85. The van der Waals surface area contributed by atoms with Crippen molar-refractivity contribution in [1.82, 2.24) is 0 Å². The van der Waals surface area contributed by atoms with Crippen LogP contribution in [0, 0.1) is 0 Å². The summed E-state index contributed by atoms with van der Waals surface area (Å²) in [6.45, 7) is 2.28. The van der Waals surface area contributed by atoms with Crippen LogP contribution in [-0.2, 0) is 33.4 Å². The summed E-state index contributed by atoms with van der Waals surface area (Å²) in [5, 5.41) is 19.6. The molecule has 0 saturated carbocycles. The third kappa shape index (κ3) is 6.25. The molecule has 47 heavy (non-hydrogen) atoms. The minimum Gasteiger partial charge on any atom is -0.478 e. The zero-order chi connectivity index (χ0) is 34.7. The van der Waals surface area contributed by atoms with E-state index in [0.29, 0.717) is 34.1 Å². The van der Waals surface area contributed by atoms with Crippen molar-refractivity contribution in [2.75, 3.05) is 23.0 Å². The molecular formula is C30H20N2O15. The first kappa shape index (κ1) is 33.1. The number of nitrogens with zero attached hydrogens (tertiary/aromatic N) is 2. The van der Waals surface area contributed by atoms with E-state index in [4.69, 9.17) is 14.2 Å². The van der Waals surface area contributed by atoms with Gasteiger partial charge in [-0.15, -0.1) is 0 Å². The zero-order valence-corrected chi connectivity index (χ0v) is 24.1. The highest BCUT2D eigenvalue weighted by molar-refractivity contribution is 6.31. The molecule has 240 valence electrons. The number of hydrogen-bond acceptors (Lipinski definition) is 13. The van der Waals surface area contributed by atoms with E-state index in [1.807, 2.05) is 0 Å². The molecule has 2 heterocycles. The molecule has 2 N–H and O–H groups in total. The fourth-order valence-electron chi connectivity index (χ4n) is 4.45. The number of esters is 4. The van der Waals surface area contributed by atoms with Gasteiger partial charge in [-0.2, -0.15) is 0 Å². The number of benzene rings is 2. The Kier molecular flexibility index (Phi) is 9.21. The molecule has 17 heteroatoms. The maximum atomic E-state index is 13.3. The number of carboxylic acid groups (broad SMARTS) is 2. The quantitative estimate of drug-likeness (QED) is 0.159. The van der Waals surface area contributed by atoms with E-state index < -0.39 is 104 Å². The molecule has 0 atom stereocenters. The minimum absolute atomic E-state index is 0.254. The lowest BCUT2D eigenvalue weighted by atomic mass is 9.99. The van der Waals surface area contributed by atoms with Crippen molar-refractivity contribution in [3.63, 3.8) is 0 Å². The summed E-state index contributed by atoms with van der Waals surface area (Å²) in [4.78, 5) is 127. The molecule has 2 aromatic rings. The van der Waals surface area contributed by atoms with Gasteiger partial charge >= 0.3 is 35.8 Å². The number of imide groups is 2. The fourth-order valence-corrected chi connectivity index (χ4v) is 4.45. The summed E-state index contributed by atoms with van der Waals surface area (Å²) in [5.41, 5.74) is -6.17. The van der Waals surface area contributed by atoms with Gasteiger partial charge in [0, 0.05) is 24.3 Å². The molecule has 2 aliphatic heterocycles. The standard InChI is InChI=1S/C30H20N2O15/c1-3-45-27(41)15-11-19(31-21(33)5-6-22(31)34)17(25(37)38)9-13(15)29(43)47-30(44)14-10-18(26(39)40)20(12-16(14)28(42)46-4-2)32-23(35)7-8-24(32)36/h5-12H,3-4H2,1-2H3,(H,37,38)(H,39,40). The smallest absolute Gasteiger partial charge is 0.346 e. The van der Waals surface area contributed by atoms with Gasteiger partial charge in [0.2, 0.25) is 0 Å². The molecule has 0 aromatic heterocycles. The van der Waals surface area contributed by atoms with Crippen molar-refractivity contribution in [2.24, 2.45) is 0 Å². The third-order valence-electron chi connectivity index (χ3n) is 6.45. The number of carbonyl (C=O) groups is 10. The highest BCUT2D eigenvalue weighted by atomic mass is 16.6. The predicted octanol–water partition coefficient (Wildman–Crippen LogP) is 1.29.